The summed E-state index contributed by atoms with van der Waals surface area (Å²) in [6.45, 7) is 2.45. The van der Waals surface area contributed by atoms with E-state index >= 15 is 0 Å². The van der Waals surface area contributed by atoms with Gasteiger partial charge < -0.3 is 20.8 Å². The molecule has 98 valence electrons. The molecule has 1 aliphatic heterocycles. The van der Waals surface area contributed by atoms with Gasteiger partial charge in [-0.25, -0.2) is 4.79 Å². The average molecular weight is 250 g/mol. The molecule has 1 aliphatic rings. The van der Waals surface area contributed by atoms with Gasteiger partial charge in [-0.3, -0.25) is 0 Å². The number of carbonyl (C=O) groups is 1. The number of hydrogen-bond donors (Lipinski definition) is 3. The number of phenols is 1. The van der Waals surface area contributed by atoms with Crippen LogP contribution >= 0.6 is 0 Å². The summed E-state index contributed by atoms with van der Waals surface area (Å²) in [5.74, 6) is 0.378. The number of benzene rings is 1. The molecule has 2 atom stereocenters. The van der Waals surface area contributed by atoms with E-state index in [2.05, 4.69) is 0 Å². The molecule has 0 radical (unpaired) electrons. The number of rotatable bonds is 1. The van der Waals surface area contributed by atoms with Gasteiger partial charge in [-0.1, -0.05) is 6.07 Å². The summed E-state index contributed by atoms with van der Waals surface area (Å²) >= 11 is 0. The molecule has 0 spiro atoms. The van der Waals surface area contributed by atoms with E-state index in [1.165, 1.54) is 4.90 Å². The summed E-state index contributed by atoms with van der Waals surface area (Å²) in [6.07, 6.45) is 0.691. The Morgan fingerprint density at radius 2 is 2.22 bits per heavy atom. The van der Waals surface area contributed by atoms with E-state index in [4.69, 9.17) is 10.8 Å². The molecule has 1 fully saturated rings. The number of aromatic hydroxyl groups is 1. The second-order valence-electron chi connectivity index (χ2n) is 4.86. The summed E-state index contributed by atoms with van der Waals surface area (Å²) in [5.41, 5.74) is 6.97. The fraction of sp³-hybridized carbons (Fsp3) is 0.462. The molecule has 1 unspecified atom stereocenters. The first kappa shape index (κ1) is 12.5. The van der Waals surface area contributed by atoms with E-state index in [0.717, 1.165) is 18.4 Å². The molecule has 1 saturated heterocycles. The summed E-state index contributed by atoms with van der Waals surface area (Å²) in [4.78, 5) is 12.4. The first-order valence-corrected chi connectivity index (χ1v) is 6.07. The highest BCUT2D eigenvalue weighted by Gasteiger charge is 2.29. The Kier molecular flexibility index (Phi) is 3.32. The lowest BCUT2D eigenvalue weighted by Gasteiger charge is -2.36. The Morgan fingerprint density at radius 3 is 2.78 bits per heavy atom. The molecule has 0 aromatic heterocycles. The first-order chi connectivity index (χ1) is 8.49. The quantitative estimate of drug-likeness (QED) is 0.527. The predicted octanol–water partition coefficient (Wildman–Crippen LogP) is 2.22. The summed E-state index contributed by atoms with van der Waals surface area (Å²) in [7, 11) is 0. The van der Waals surface area contributed by atoms with Crippen molar-refractivity contribution in [2.24, 2.45) is 0 Å². The van der Waals surface area contributed by atoms with Crippen molar-refractivity contribution < 1.29 is 15.0 Å². The SMILES string of the molecule is C[C@H]1CC(c2ccc(N)c(O)c2)CCN1C(=O)O. The lowest BCUT2D eigenvalue weighted by Crippen LogP contribution is -2.43. The largest absolute Gasteiger partial charge is 0.506 e. The standard InChI is InChI=1S/C13H18N2O3/c1-8-6-10(4-5-15(8)13(17)18)9-2-3-11(14)12(16)7-9/h2-3,7-8,10,16H,4-6,14H2,1H3,(H,17,18)/t8-,10?/m0/s1. The molecular weight excluding hydrogens is 232 g/mol. The Balaban J connectivity index is 2.12. The lowest BCUT2D eigenvalue weighted by molar-refractivity contribution is 0.107. The van der Waals surface area contributed by atoms with Gasteiger partial charge in [-0.05, 0) is 43.4 Å². The first-order valence-electron chi connectivity index (χ1n) is 6.07. The molecular formula is C13H18N2O3. The van der Waals surface area contributed by atoms with Crippen LogP contribution in [0.3, 0.4) is 0 Å². The van der Waals surface area contributed by atoms with Gasteiger partial charge in [-0.15, -0.1) is 0 Å². The molecule has 4 N–H and O–H groups in total. The van der Waals surface area contributed by atoms with Gasteiger partial charge in [0.2, 0.25) is 0 Å². The molecule has 1 aromatic carbocycles. The Morgan fingerprint density at radius 1 is 1.50 bits per heavy atom. The van der Waals surface area contributed by atoms with E-state index in [-0.39, 0.29) is 17.7 Å². The average Bonchev–Trinajstić information content (AvgIpc) is 2.32. The van der Waals surface area contributed by atoms with Crippen LogP contribution in [0.5, 0.6) is 5.75 Å². The van der Waals surface area contributed by atoms with Crippen LogP contribution < -0.4 is 5.73 Å². The van der Waals surface area contributed by atoms with Crippen LogP contribution in [0.2, 0.25) is 0 Å². The molecule has 0 bridgehead atoms. The Labute approximate surface area is 106 Å². The smallest absolute Gasteiger partial charge is 0.407 e. The van der Waals surface area contributed by atoms with Gasteiger partial charge in [0, 0.05) is 12.6 Å². The van der Waals surface area contributed by atoms with Crippen molar-refractivity contribution in [2.75, 3.05) is 12.3 Å². The molecule has 1 amide bonds. The number of carboxylic acid groups (broad SMARTS) is 1. The van der Waals surface area contributed by atoms with Crippen LogP contribution in [0.15, 0.2) is 18.2 Å². The number of nitrogen functional groups attached to an aromatic ring is 1. The van der Waals surface area contributed by atoms with Gasteiger partial charge in [-0.2, -0.15) is 0 Å². The molecule has 1 heterocycles. The number of phenolic OH excluding ortho intramolecular Hbond substituents is 1. The van der Waals surface area contributed by atoms with Crippen LogP contribution in [0.4, 0.5) is 10.5 Å². The molecule has 2 rings (SSSR count). The van der Waals surface area contributed by atoms with Crippen LogP contribution in [-0.4, -0.2) is 33.8 Å². The van der Waals surface area contributed by atoms with Crippen molar-refractivity contribution in [1.29, 1.82) is 0 Å². The number of nitrogens with two attached hydrogens (primary N) is 1. The van der Waals surface area contributed by atoms with Gasteiger partial charge >= 0.3 is 6.09 Å². The summed E-state index contributed by atoms with van der Waals surface area (Å²) < 4.78 is 0. The van der Waals surface area contributed by atoms with Crippen LogP contribution in [0.1, 0.15) is 31.2 Å². The normalized spacial score (nSPS) is 23.9. The summed E-state index contributed by atoms with van der Waals surface area (Å²) in [6, 6.07) is 5.28. The Hall–Kier alpha value is -1.91. The van der Waals surface area contributed by atoms with Crippen LogP contribution in [0, 0.1) is 0 Å². The third-order valence-corrected chi connectivity index (χ3v) is 3.65. The van der Waals surface area contributed by atoms with E-state index in [1.807, 2.05) is 13.0 Å². The van der Waals surface area contributed by atoms with Gasteiger partial charge in [0.15, 0.2) is 0 Å². The minimum absolute atomic E-state index is 0.000876. The maximum Gasteiger partial charge on any atom is 0.407 e. The van der Waals surface area contributed by atoms with Gasteiger partial charge in [0.25, 0.3) is 0 Å². The lowest BCUT2D eigenvalue weighted by atomic mass is 9.86. The van der Waals surface area contributed by atoms with E-state index in [9.17, 15) is 9.90 Å². The van der Waals surface area contributed by atoms with Crippen molar-refractivity contribution >= 4 is 11.8 Å². The highest BCUT2D eigenvalue weighted by Crippen LogP contribution is 2.34. The maximum absolute atomic E-state index is 11.0. The third kappa shape index (κ3) is 2.34. The fourth-order valence-electron chi connectivity index (χ4n) is 2.57. The number of hydrogen-bond acceptors (Lipinski definition) is 3. The number of amides is 1. The minimum atomic E-state index is -0.860. The van der Waals surface area contributed by atoms with E-state index in [1.54, 1.807) is 12.1 Å². The highest BCUT2D eigenvalue weighted by atomic mass is 16.4. The van der Waals surface area contributed by atoms with E-state index < -0.39 is 6.09 Å². The van der Waals surface area contributed by atoms with Crippen molar-refractivity contribution in [3.05, 3.63) is 23.8 Å². The van der Waals surface area contributed by atoms with Gasteiger partial charge in [0.05, 0.1) is 5.69 Å². The molecule has 5 nitrogen and oxygen atoms in total. The van der Waals surface area contributed by atoms with Crippen molar-refractivity contribution in [1.82, 2.24) is 4.90 Å². The minimum Gasteiger partial charge on any atom is -0.506 e. The zero-order chi connectivity index (χ0) is 13.3. The van der Waals surface area contributed by atoms with E-state index in [0.29, 0.717) is 12.2 Å². The van der Waals surface area contributed by atoms with Crippen molar-refractivity contribution in [3.63, 3.8) is 0 Å². The topological polar surface area (TPSA) is 86.8 Å². The number of anilines is 1. The molecule has 5 heteroatoms. The molecule has 0 aliphatic carbocycles. The highest BCUT2D eigenvalue weighted by molar-refractivity contribution is 5.65. The molecule has 18 heavy (non-hydrogen) atoms. The maximum atomic E-state index is 11.0. The second-order valence-corrected chi connectivity index (χ2v) is 4.86. The summed E-state index contributed by atoms with van der Waals surface area (Å²) in [5, 5.41) is 18.6. The number of piperidine rings is 1. The Bertz CT molecular complexity index is 462. The van der Waals surface area contributed by atoms with Crippen LogP contribution in [-0.2, 0) is 0 Å². The molecule has 0 saturated carbocycles. The second kappa shape index (κ2) is 4.76. The number of likely N-dealkylation sites (tertiary alicyclic amines) is 1. The van der Waals surface area contributed by atoms with Crippen LogP contribution in [0.25, 0.3) is 0 Å². The molecule has 1 aromatic rings. The zero-order valence-electron chi connectivity index (χ0n) is 10.3. The van der Waals surface area contributed by atoms with Crippen molar-refractivity contribution in [3.8, 4) is 5.75 Å². The predicted molar refractivity (Wildman–Crippen MR) is 68.7 cm³/mol. The third-order valence-electron chi connectivity index (χ3n) is 3.65. The number of nitrogens with zero attached hydrogens (tertiary/aromatic N) is 1. The van der Waals surface area contributed by atoms with Gasteiger partial charge in [0.1, 0.15) is 5.75 Å². The monoisotopic (exact) mass is 250 g/mol. The van der Waals surface area contributed by atoms with Crippen molar-refractivity contribution in [2.45, 2.75) is 31.7 Å². The zero-order valence-corrected chi connectivity index (χ0v) is 10.3. The fourth-order valence-corrected chi connectivity index (χ4v) is 2.57.